The van der Waals surface area contributed by atoms with Crippen molar-refractivity contribution in [1.29, 1.82) is 0 Å². The van der Waals surface area contributed by atoms with Crippen molar-refractivity contribution in [2.45, 2.75) is 25.5 Å². The van der Waals surface area contributed by atoms with E-state index in [9.17, 15) is 13.2 Å². The monoisotopic (exact) mass is 274 g/mol. The molecule has 5 heteroatoms. The Morgan fingerprint density at radius 2 is 2.06 bits per heavy atom. The van der Waals surface area contributed by atoms with E-state index in [1.807, 2.05) is 0 Å². The van der Waals surface area contributed by atoms with Crippen LogP contribution in [-0.4, -0.2) is 25.2 Å². The van der Waals surface area contributed by atoms with Crippen LogP contribution in [0.1, 0.15) is 30.6 Å². The predicted octanol–water partition coefficient (Wildman–Crippen LogP) is 2.74. The molecule has 0 amide bonds. The highest BCUT2D eigenvalue weighted by atomic mass is 35.5. The van der Waals surface area contributed by atoms with Gasteiger partial charge >= 0.3 is 0 Å². The van der Waals surface area contributed by atoms with Crippen molar-refractivity contribution in [2.24, 2.45) is 0 Å². The average Bonchev–Trinajstić information content (AvgIpc) is 2.27. The summed E-state index contributed by atoms with van der Waals surface area (Å²) >= 11 is 5.77. The number of carbonyl (C=O) groups excluding carboxylic acids is 1. The largest absolute Gasteiger partial charge is 0.293 e. The Labute approximate surface area is 107 Å². The highest BCUT2D eigenvalue weighted by Crippen LogP contribution is 2.16. The van der Waals surface area contributed by atoms with Crippen LogP contribution in [0, 0.1) is 0 Å². The summed E-state index contributed by atoms with van der Waals surface area (Å²) in [5, 5.41) is -0.586. The molecule has 1 unspecified atom stereocenters. The number of hydrogen-bond donors (Lipinski definition) is 0. The molecule has 0 aliphatic heterocycles. The minimum absolute atomic E-state index is 0.0282. The zero-order chi connectivity index (χ0) is 13.1. The second-order valence-corrected chi connectivity index (χ2v) is 6.76. The van der Waals surface area contributed by atoms with Gasteiger partial charge in [0, 0.05) is 10.6 Å². The number of hydrogen-bond acceptors (Lipinski definition) is 3. The molecule has 0 aliphatic rings. The first-order chi connectivity index (χ1) is 7.88. The van der Waals surface area contributed by atoms with Gasteiger partial charge in [-0.25, -0.2) is 8.42 Å². The van der Waals surface area contributed by atoms with Crippen molar-refractivity contribution in [3.05, 3.63) is 34.9 Å². The summed E-state index contributed by atoms with van der Waals surface area (Å²) in [6.07, 6.45) is 0.509. The van der Waals surface area contributed by atoms with E-state index in [0.717, 1.165) is 0 Å². The van der Waals surface area contributed by atoms with E-state index >= 15 is 0 Å². The van der Waals surface area contributed by atoms with Crippen molar-refractivity contribution in [2.75, 3.05) is 5.75 Å². The highest BCUT2D eigenvalue weighted by molar-refractivity contribution is 7.92. The normalized spacial score (nSPS) is 13.4. The zero-order valence-electron chi connectivity index (χ0n) is 9.81. The molecular formula is C12H15ClO3S. The van der Waals surface area contributed by atoms with Crippen molar-refractivity contribution in [3.63, 3.8) is 0 Å². The van der Waals surface area contributed by atoms with Gasteiger partial charge in [0.1, 0.15) is 5.25 Å². The van der Waals surface area contributed by atoms with Gasteiger partial charge in [-0.15, -0.1) is 0 Å². The quantitative estimate of drug-likeness (QED) is 0.776. The molecule has 0 fully saturated rings. The number of Topliss-reactive ketones (excluding diaryl/α,β-unsaturated/α-hetero) is 1. The highest BCUT2D eigenvalue weighted by Gasteiger charge is 2.27. The van der Waals surface area contributed by atoms with Crippen molar-refractivity contribution in [3.8, 4) is 0 Å². The zero-order valence-corrected chi connectivity index (χ0v) is 11.4. The summed E-state index contributed by atoms with van der Waals surface area (Å²) in [6.45, 7) is 3.20. The molecule has 0 heterocycles. The molecule has 0 bridgehead atoms. The molecule has 17 heavy (non-hydrogen) atoms. The lowest BCUT2D eigenvalue weighted by molar-refractivity contribution is 0.0991. The van der Waals surface area contributed by atoms with Crippen LogP contribution in [-0.2, 0) is 9.84 Å². The van der Waals surface area contributed by atoms with Gasteiger partial charge in [0.05, 0.1) is 5.75 Å². The molecule has 0 aromatic heterocycles. The van der Waals surface area contributed by atoms with Crippen LogP contribution in [0.3, 0.4) is 0 Å². The molecule has 1 atom stereocenters. The summed E-state index contributed by atoms with van der Waals surface area (Å²) < 4.78 is 23.6. The van der Waals surface area contributed by atoms with Gasteiger partial charge in [0.15, 0.2) is 15.6 Å². The summed E-state index contributed by atoms with van der Waals surface area (Å²) in [7, 11) is -3.36. The summed E-state index contributed by atoms with van der Waals surface area (Å²) in [5.41, 5.74) is 0.338. The van der Waals surface area contributed by atoms with Gasteiger partial charge < -0.3 is 0 Å². The molecule has 0 N–H and O–H groups in total. The van der Waals surface area contributed by atoms with E-state index in [1.165, 1.54) is 13.0 Å². The maximum absolute atomic E-state index is 12.0. The molecule has 1 aromatic carbocycles. The van der Waals surface area contributed by atoms with E-state index in [0.29, 0.717) is 17.0 Å². The number of halogens is 1. The Bertz CT molecular complexity index is 508. The molecule has 0 aliphatic carbocycles. The standard InChI is InChI=1S/C12H15ClO3S/c1-3-7-17(15,16)9(2)12(14)10-5-4-6-11(13)8-10/h4-6,8-9H,3,7H2,1-2H3. The second kappa shape index (κ2) is 5.65. The number of carbonyl (C=O) groups is 1. The van der Waals surface area contributed by atoms with Gasteiger partial charge in [-0.3, -0.25) is 4.79 Å². The third kappa shape index (κ3) is 3.54. The Morgan fingerprint density at radius 3 is 2.59 bits per heavy atom. The van der Waals surface area contributed by atoms with Crippen LogP contribution in [0.5, 0.6) is 0 Å². The van der Waals surface area contributed by atoms with Crippen molar-refractivity contribution < 1.29 is 13.2 Å². The minimum atomic E-state index is -3.36. The molecule has 3 nitrogen and oxygen atoms in total. The van der Waals surface area contributed by atoms with Crippen molar-refractivity contribution in [1.82, 2.24) is 0 Å². The van der Waals surface area contributed by atoms with E-state index in [1.54, 1.807) is 25.1 Å². The van der Waals surface area contributed by atoms with E-state index in [4.69, 9.17) is 11.6 Å². The maximum atomic E-state index is 12.0. The van der Waals surface area contributed by atoms with Crippen molar-refractivity contribution >= 4 is 27.2 Å². The number of rotatable bonds is 5. The van der Waals surface area contributed by atoms with E-state index in [-0.39, 0.29) is 5.75 Å². The van der Waals surface area contributed by atoms with Crippen LogP contribution in [0.4, 0.5) is 0 Å². The average molecular weight is 275 g/mol. The lowest BCUT2D eigenvalue weighted by atomic mass is 10.1. The van der Waals surface area contributed by atoms with Crippen LogP contribution in [0.25, 0.3) is 0 Å². The molecule has 1 rings (SSSR count). The molecule has 0 spiro atoms. The van der Waals surface area contributed by atoms with E-state index in [2.05, 4.69) is 0 Å². The maximum Gasteiger partial charge on any atom is 0.180 e. The lowest BCUT2D eigenvalue weighted by Crippen LogP contribution is -2.29. The van der Waals surface area contributed by atoms with Gasteiger partial charge in [-0.2, -0.15) is 0 Å². The van der Waals surface area contributed by atoms with Crippen LogP contribution < -0.4 is 0 Å². The number of sulfone groups is 1. The fourth-order valence-electron chi connectivity index (χ4n) is 1.50. The van der Waals surface area contributed by atoms with Crippen LogP contribution >= 0.6 is 11.6 Å². The van der Waals surface area contributed by atoms with Gasteiger partial charge in [-0.1, -0.05) is 30.7 Å². The smallest absolute Gasteiger partial charge is 0.180 e. The second-order valence-electron chi connectivity index (χ2n) is 3.88. The molecular weight excluding hydrogens is 260 g/mol. The first-order valence-electron chi connectivity index (χ1n) is 5.40. The summed E-state index contributed by atoms with van der Waals surface area (Å²) in [4.78, 5) is 12.0. The predicted molar refractivity (Wildman–Crippen MR) is 69.3 cm³/mol. The Balaban J connectivity index is 2.98. The SMILES string of the molecule is CCCS(=O)(=O)C(C)C(=O)c1cccc(Cl)c1. The van der Waals surface area contributed by atoms with Gasteiger partial charge in [0.25, 0.3) is 0 Å². The first kappa shape index (κ1) is 14.2. The number of ketones is 1. The molecule has 0 saturated carbocycles. The van der Waals surface area contributed by atoms with Gasteiger partial charge in [0.2, 0.25) is 0 Å². The van der Waals surface area contributed by atoms with Crippen LogP contribution in [0.15, 0.2) is 24.3 Å². The number of benzene rings is 1. The van der Waals surface area contributed by atoms with Gasteiger partial charge in [-0.05, 0) is 25.5 Å². The third-order valence-electron chi connectivity index (χ3n) is 2.51. The lowest BCUT2D eigenvalue weighted by Gasteiger charge is -2.11. The topological polar surface area (TPSA) is 51.2 Å². The minimum Gasteiger partial charge on any atom is -0.293 e. The summed E-state index contributed by atoms with van der Waals surface area (Å²) in [5.74, 6) is -0.374. The molecule has 0 saturated heterocycles. The Kier molecular flexibility index (Phi) is 4.71. The summed E-state index contributed by atoms with van der Waals surface area (Å²) in [6, 6.07) is 6.34. The molecule has 94 valence electrons. The van der Waals surface area contributed by atoms with E-state index < -0.39 is 20.9 Å². The first-order valence-corrected chi connectivity index (χ1v) is 7.49. The molecule has 0 radical (unpaired) electrons. The Morgan fingerprint density at radius 1 is 1.41 bits per heavy atom. The Hall–Kier alpha value is -0.870. The third-order valence-corrected chi connectivity index (χ3v) is 5.01. The fraction of sp³-hybridized carbons (Fsp3) is 0.417. The fourth-order valence-corrected chi connectivity index (χ4v) is 3.08. The van der Waals surface area contributed by atoms with Crippen LogP contribution in [0.2, 0.25) is 5.02 Å². The molecule has 1 aromatic rings.